The summed E-state index contributed by atoms with van der Waals surface area (Å²) < 4.78 is 3.34. The summed E-state index contributed by atoms with van der Waals surface area (Å²) in [7, 11) is 0. The summed E-state index contributed by atoms with van der Waals surface area (Å²) in [4.78, 5) is 26.2. The van der Waals surface area contributed by atoms with Crippen molar-refractivity contribution in [2.24, 2.45) is 11.8 Å². The number of hydrogen-bond donors (Lipinski definition) is 1. The van der Waals surface area contributed by atoms with Crippen molar-refractivity contribution in [3.05, 3.63) is 40.3 Å². The van der Waals surface area contributed by atoms with Crippen molar-refractivity contribution in [3.63, 3.8) is 0 Å². The van der Waals surface area contributed by atoms with Gasteiger partial charge in [-0.05, 0) is 38.2 Å². The molecule has 1 aliphatic carbocycles. The molecule has 1 saturated carbocycles. The molecule has 0 aliphatic heterocycles. The van der Waals surface area contributed by atoms with Crippen LogP contribution in [0.25, 0.3) is 20.2 Å². The first-order chi connectivity index (χ1) is 13.4. The number of aromatic nitrogens is 2. The molecule has 1 N–H and O–H groups in total. The molecule has 0 saturated heterocycles. The monoisotopic (exact) mass is 397 g/mol. The largest absolute Gasteiger partial charge is 0.351 e. The third-order valence-corrected chi connectivity index (χ3v) is 7.66. The zero-order valence-corrected chi connectivity index (χ0v) is 17.7. The van der Waals surface area contributed by atoms with E-state index in [9.17, 15) is 9.59 Å². The van der Waals surface area contributed by atoms with E-state index in [0.29, 0.717) is 17.2 Å². The highest BCUT2D eigenvalue weighted by Gasteiger charge is 2.30. The zero-order valence-electron chi connectivity index (χ0n) is 16.9. The van der Waals surface area contributed by atoms with Crippen molar-refractivity contribution < 1.29 is 4.79 Å². The molecule has 1 fully saturated rings. The van der Waals surface area contributed by atoms with Crippen molar-refractivity contribution >= 4 is 37.4 Å². The molecule has 1 aromatic carbocycles. The van der Waals surface area contributed by atoms with Gasteiger partial charge in [0.1, 0.15) is 6.04 Å². The molecule has 0 unspecified atom stereocenters. The molecule has 0 spiro atoms. The number of hydrogen-bond acceptors (Lipinski definition) is 4. The molecule has 0 bridgehead atoms. The van der Waals surface area contributed by atoms with Crippen LogP contribution < -0.4 is 10.9 Å². The van der Waals surface area contributed by atoms with Gasteiger partial charge in [0.15, 0.2) is 0 Å². The van der Waals surface area contributed by atoms with Crippen molar-refractivity contribution in [2.75, 3.05) is 0 Å². The minimum Gasteiger partial charge on any atom is -0.351 e. The standard InChI is InChI=1S/C22H27N3O2S/c1-12-8-7-10-17(13(12)2)23-21(26)15(4)25-22(27)19-16-9-5-6-11-18(16)28-20(19)14(3)24-25/h5-6,9,11-13,15,17H,7-8,10H2,1-4H3,(H,23,26)/t12-,13+,15+,17+/m0/s1. The molecule has 4 rings (SSSR count). The summed E-state index contributed by atoms with van der Waals surface area (Å²) in [5.74, 6) is 0.921. The van der Waals surface area contributed by atoms with Gasteiger partial charge in [0, 0.05) is 16.1 Å². The lowest BCUT2D eigenvalue weighted by Crippen LogP contribution is -2.47. The molecular weight excluding hydrogens is 370 g/mol. The molecule has 1 amide bonds. The molecule has 148 valence electrons. The van der Waals surface area contributed by atoms with Crippen molar-refractivity contribution in [1.82, 2.24) is 15.1 Å². The van der Waals surface area contributed by atoms with Crippen LogP contribution in [0.4, 0.5) is 0 Å². The number of rotatable bonds is 3. The van der Waals surface area contributed by atoms with Crippen molar-refractivity contribution in [1.29, 1.82) is 0 Å². The number of benzene rings is 1. The van der Waals surface area contributed by atoms with Crippen LogP contribution in [0.3, 0.4) is 0 Å². The Morgan fingerprint density at radius 3 is 2.82 bits per heavy atom. The minimum atomic E-state index is -0.640. The van der Waals surface area contributed by atoms with Crippen LogP contribution in [0, 0.1) is 18.8 Å². The summed E-state index contributed by atoms with van der Waals surface area (Å²) >= 11 is 1.58. The number of fused-ring (bicyclic) bond motifs is 3. The third-order valence-electron chi connectivity index (χ3n) is 6.38. The van der Waals surface area contributed by atoms with E-state index in [1.807, 2.05) is 31.2 Å². The fraction of sp³-hybridized carbons (Fsp3) is 0.500. The maximum atomic E-state index is 13.2. The van der Waals surface area contributed by atoms with E-state index in [0.717, 1.165) is 33.3 Å². The van der Waals surface area contributed by atoms with Crippen molar-refractivity contribution in [2.45, 2.75) is 59.0 Å². The molecular formula is C22H27N3O2S. The lowest BCUT2D eigenvalue weighted by molar-refractivity contribution is -0.125. The smallest absolute Gasteiger partial charge is 0.276 e. The van der Waals surface area contributed by atoms with Crippen LogP contribution in [-0.2, 0) is 4.79 Å². The number of amides is 1. The van der Waals surface area contributed by atoms with E-state index in [4.69, 9.17) is 0 Å². The van der Waals surface area contributed by atoms with Gasteiger partial charge in [0.2, 0.25) is 5.91 Å². The fourth-order valence-corrected chi connectivity index (χ4v) is 5.48. The lowest BCUT2D eigenvalue weighted by Gasteiger charge is -2.35. The summed E-state index contributed by atoms with van der Waals surface area (Å²) in [5, 5.41) is 9.30. The van der Waals surface area contributed by atoms with Gasteiger partial charge in [-0.15, -0.1) is 11.3 Å². The van der Waals surface area contributed by atoms with Crippen LogP contribution in [0.2, 0.25) is 0 Å². The number of thiophene rings is 1. The quantitative estimate of drug-likeness (QED) is 0.711. The third kappa shape index (κ3) is 3.13. The van der Waals surface area contributed by atoms with Gasteiger partial charge in [0.25, 0.3) is 5.56 Å². The van der Waals surface area contributed by atoms with E-state index in [2.05, 4.69) is 24.3 Å². The van der Waals surface area contributed by atoms with Gasteiger partial charge in [-0.25, -0.2) is 4.68 Å². The summed E-state index contributed by atoms with van der Waals surface area (Å²) in [6, 6.07) is 7.43. The van der Waals surface area contributed by atoms with Gasteiger partial charge < -0.3 is 5.32 Å². The Hall–Kier alpha value is -2.21. The van der Waals surface area contributed by atoms with Crippen LogP contribution in [-0.4, -0.2) is 21.7 Å². The minimum absolute atomic E-state index is 0.126. The summed E-state index contributed by atoms with van der Waals surface area (Å²) in [6.07, 6.45) is 3.35. The highest BCUT2D eigenvalue weighted by molar-refractivity contribution is 7.26. The first kappa shape index (κ1) is 19.1. The van der Waals surface area contributed by atoms with E-state index in [1.165, 1.54) is 11.1 Å². The average Bonchev–Trinajstić information content (AvgIpc) is 3.08. The van der Waals surface area contributed by atoms with Gasteiger partial charge in [-0.1, -0.05) is 44.9 Å². The summed E-state index contributed by atoms with van der Waals surface area (Å²) in [6.45, 7) is 8.12. The van der Waals surface area contributed by atoms with Crippen LogP contribution in [0.15, 0.2) is 29.1 Å². The maximum Gasteiger partial charge on any atom is 0.276 e. The van der Waals surface area contributed by atoms with E-state index >= 15 is 0 Å². The fourth-order valence-electron chi connectivity index (χ4n) is 4.34. The normalized spacial score (nSPS) is 23.8. The van der Waals surface area contributed by atoms with Gasteiger partial charge >= 0.3 is 0 Å². The Bertz CT molecular complexity index is 1100. The van der Waals surface area contributed by atoms with Crippen LogP contribution in [0.1, 0.15) is 51.8 Å². The maximum absolute atomic E-state index is 13.2. The number of nitrogens with one attached hydrogen (secondary N) is 1. The second kappa shape index (κ2) is 7.32. The Labute approximate surface area is 168 Å². The predicted molar refractivity (Wildman–Crippen MR) is 115 cm³/mol. The van der Waals surface area contributed by atoms with Crippen molar-refractivity contribution in [3.8, 4) is 0 Å². The molecule has 2 heterocycles. The first-order valence-corrected chi connectivity index (χ1v) is 10.9. The Morgan fingerprint density at radius 1 is 1.29 bits per heavy atom. The van der Waals surface area contributed by atoms with Gasteiger partial charge in [-0.2, -0.15) is 5.10 Å². The molecule has 4 atom stereocenters. The second-order valence-electron chi connectivity index (χ2n) is 8.20. The van der Waals surface area contributed by atoms with Gasteiger partial charge in [0.05, 0.1) is 15.8 Å². The molecule has 28 heavy (non-hydrogen) atoms. The molecule has 2 aromatic heterocycles. The van der Waals surface area contributed by atoms with E-state index in [1.54, 1.807) is 18.3 Å². The highest BCUT2D eigenvalue weighted by atomic mass is 32.1. The Balaban J connectivity index is 1.70. The molecule has 0 radical (unpaired) electrons. The Kier molecular flexibility index (Phi) is 5.00. The topological polar surface area (TPSA) is 64.0 Å². The second-order valence-corrected chi connectivity index (χ2v) is 9.25. The molecule has 5 nitrogen and oxygen atoms in total. The predicted octanol–water partition coefficient (Wildman–Crippen LogP) is 4.42. The number of nitrogens with zero attached hydrogens (tertiary/aromatic N) is 2. The number of carbonyl (C=O) groups is 1. The first-order valence-electron chi connectivity index (χ1n) is 10.1. The van der Waals surface area contributed by atoms with E-state index < -0.39 is 6.04 Å². The van der Waals surface area contributed by atoms with Crippen LogP contribution in [0.5, 0.6) is 0 Å². The highest BCUT2D eigenvalue weighted by Crippen LogP contribution is 2.33. The number of aryl methyl sites for hydroxylation is 1. The average molecular weight is 398 g/mol. The summed E-state index contributed by atoms with van der Waals surface area (Å²) in [5.41, 5.74) is 0.598. The Morgan fingerprint density at radius 2 is 2.04 bits per heavy atom. The molecule has 1 aliphatic rings. The number of carbonyl (C=O) groups excluding carboxylic acids is 1. The SMILES string of the molecule is Cc1nn([C@H](C)C(=O)N[C@@H]2CCC[C@H](C)[C@H]2C)c(=O)c2c1sc1ccccc12. The van der Waals surface area contributed by atoms with E-state index in [-0.39, 0.29) is 17.5 Å². The van der Waals surface area contributed by atoms with Crippen LogP contribution >= 0.6 is 11.3 Å². The zero-order chi connectivity index (χ0) is 20.0. The van der Waals surface area contributed by atoms with Gasteiger partial charge in [-0.3, -0.25) is 9.59 Å². The molecule has 6 heteroatoms. The lowest BCUT2D eigenvalue weighted by atomic mass is 9.78. The molecule has 3 aromatic rings.